The number of carbonyl (C=O) groups excluding carboxylic acids is 2. The van der Waals surface area contributed by atoms with E-state index in [1.165, 1.54) is 6.92 Å². The molecule has 7 aliphatic heterocycles. The summed E-state index contributed by atoms with van der Waals surface area (Å²) in [5.74, 6) is -1.68. The van der Waals surface area contributed by atoms with Gasteiger partial charge in [-0.05, 0) is 6.92 Å². The fourth-order valence-electron chi connectivity index (χ4n) is 10.6. The molecular formula is C46H78N2O35. The van der Waals surface area contributed by atoms with Crippen LogP contribution in [0.25, 0.3) is 0 Å². The highest BCUT2D eigenvalue weighted by molar-refractivity contribution is 5.73. The van der Waals surface area contributed by atoms with Crippen molar-refractivity contribution in [1.29, 1.82) is 0 Å². The van der Waals surface area contributed by atoms with Gasteiger partial charge in [-0.1, -0.05) is 0 Å². The van der Waals surface area contributed by atoms with E-state index in [9.17, 15) is 112 Å². The third-order valence-corrected chi connectivity index (χ3v) is 15.3. The van der Waals surface area contributed by atoms with Gasteiger partial charge in [-0.3, -0.25) is 9.59 Å². The Morgan fingerprint density at radius 2 is 0.699 bits per heavy atom. The summed E-state index contributed by atoms with van der Waals surface area (Å²) in [4.78, 5) is 25.4. The highest BCUT2D eigenvalue weighted by Crippen LogP contribution is 2.38. The van der Waals surface area contributed by atoms with Crippen LogP contribution in [0.5, 0.6) is 0 Å². The Balaban J connectivity index is 1.16. The van der Waals surface area contributed by atoms with Gasteiger partial charge in [-0.2, -0.15) is 0 Å². The van der Waals surface area contributed by atoms with Crippen LogP contribution < -0.4 is 10.6 Å². The summed E-state index contributed by atoms with van der Waals surface area (Å²) in [7, 11) is 0. The molecule has 7 rings (SSSR count). The molecule has 0 unspecified atom stereocenters. The van der Waals surface area contributed by atoms with Crippen LogP contribution in [0, 0.1) is 0 Å². The second-order valence-electron chi connectivity index (χ2n) is 21.1. The molecule has 7 heterocycles. The first-order chi connectivity index (χ1) is 39.2. The van der Waals surface area contributed by atoms with Crippen LogP contribution in [-0.2, 0) is 71.2 Å². The lowest BCUT2D eigenvalue weighted by Gasteiger charge is -2.51. The van der Waals surface area contributed by atoms with E-state index in [4.69, 9.17) is 61.6 Å². The Morgan fingerprint density at radius 1 is 0.337 bits per heavy atom. The summed E-state index contributed by atoms with van der Waals surface area (Å²) in [6.45, 7) is -2.64. The summed E-state index contributed by atoms with van der Waals surface area (Å²) >= 11 is 0. The second-order valence-corrected chi connectivity index (χ2v) is 21.1. The molecule has 0 bridgehead atoms. The average Bonchev–Trinajstić information content (AvgIpc) is 3.41. The molecule has 0 radical (unpaired) electrons. The van der Waals surface area contributed by atoms with E-state index in [0.29, 0.717) is 0 Å². The number of hydrogen-bond donors (Lipinski definition) is 22. The summed E-state index contributed by atoms with van der Waals surface area (Å²) in [6, 6.07) is -3.52. The Labute approximate surface area is 470 Å². The van der Waals surface area contributed by atoms with E-state index in [0.717, 1.165) is 13.8 Å². The molecule has 7 aliphatic rings. The topological polar surface area (TPSA) is 583 Å². The quantitative estimate of drug-likeness (QED) is 0.0538. The van der Waals surface area contributed by atoms with Gasteiger partial charge in [-0.25, -0.2) is 0 Å². The van der Waals surface area contributed by atoms with Crippen LogP contribution in [0.3, 0.4) is 0 Å². The first-order valence-corrected chi connectivity index (χ1v) is 26.5. The molecule has 83 heavy (non-hydrogen) atoms. The number of rotatable bonds is 20. The third kappa shape index (κ3) is 14.7. The smallest absolute Gasteiger partial charge is 0.217 e. The SMILES string of the molecule is CC(=O)N[C@@H]1[C@@H](O[C@@H]2O[C@@H](C)[C@@H](O)[C@@H](O)[C@@H]2O)[C@H](O[C@@H]2O[C@H](CO)[C@@H](O[C@@H]3O[C@H](CO[C@H]4O[C@H](CO)[C@@H](O)[C@H](O[C@H]5O[C@H](CO)[C@@H](O)[C@H](O)[C@@H]5O)[C@@H]4O)[C@@H](O)[C@H](O[C@H]4O[C@H](CO)[C@@H](O)[C@H](O)[C@@H]4O)[C@@H]3O)[C@H](O)[C@H]2NC(C)=O)[C@@H](CO)O[C@H]1O. The molecular weight excluding hydrogens is 1140 g/mol. The number of aliphatic hydroxyl groups excluding tert-OH is 20. The lowest BCUT2D eigenvalue weighted by molar-refractivity contribution is -0.389. The lowest BCUT2D eigenvalue weighted by Crippen LogP contribution is -2.71. The average molecular weight is 1220 g/mol. The molecule has 22 N–H and O–H groups in total. The first-order valence-electron chi connectivity index (χ1n) is 26.5. The van der Waals surface area contributed by atoms with Crippen molar-refractivity contribution in [2.24, 2.45) is 0 Å². The second kappa shape index (κ2) is 29.3. The lowest BCUT2D eigenvalue weighted by atomic mass is 9.93. The number of carbonyl (C=O) groups is 2. The molecule has 2 amide bonds. The van der Waals surface area contributed by atoms with Crippen LogP contribution in [0.4, 0.5) is 0 Å². The van der Waals surface area contributed by atoms with Crippen LogP contribution in [0.1, 0.15) is 20.8 Å². The maximum absolute atomic E-state index is 12.9. The monoisotopic (exact) mass is 1220 g/mol. The van der Waals surface area contributed by atoms with Gasteiger partial charge in [0.2, 0.25) is 11.8 Å². The minimum Gasteiger partial charge on any atom is -0.394 e. The Bertz CT molecular complexity index is 2040. The molecule has 0 aliphatic carbocycles. The van der Waals surface area contributed by atoms with Gasteiger partial charge in [0, 0.05) is 13.8 Å². The largest absolute Gasteiger partial charge is 0.394 e. The zero-order valence-corrected chi connectivity index (χ0v) is 44.5. The normalized spacial score (nSPS) is 50.8. The third-order valence-electron chi connectivity index (χ3n) is 15.3. The van der Waals surface area contributed by atoms with Crippen molar-refractivity contribution in [2.45, 2.75) is 236 Å². The summed E-state index contributed by atoms with van der Waals surface area (Å²) in [6.07, 6.45) is -63.5. The maximum Gasteiger partial charge on any atom is 0.217 e. The zero-order valence-electron chi connectivity index (χ0n) is 44.5. The summed E-state index contributed by atoms with van der Waals surface area (Å²) in [5.41, 5.74) is 0. The maximum atomic E-state index is 12.9. The van der Waals surface area contributed by atoms with E-state index in [-0.39, 0.29) is 0 Å². The molecule has 37 heteroatoms. The highest BCUT2D eigenvalue weighted by Gasteiger charge is 2.59. The molecule has 0 spiro atoms. The molecule has 482 valence electrons. The highest BCUT2D eigenvalue weighted by atomic mass is 16.8. The van der Waals surface area contributed by atoms with Crippen LogP contribution in [0.2, 0.25) is 0 Å². The van der Waals surface area contributed by atoms with Gasteiger partial charge in [0.25, 0.3) is 0 Å². The molecule has 0 aromatic heterocycles. The predicted molar refractivity (Wildman–Crippen MR) is 254 cm³/mol. The van der Waals surface area contributed by atoms with Crippen molar-refractivity contribution in [1.82, 2.24) is 10.6 Å². The van der Waals surface area contributed by atoms with Gasteiger partial charge in [0.15, 0.2) is 44.0 Å². The van der Waals surface area contributed by atoms with Crippen molar-refractivity contribution in [3.05, 3.63) is 0 Å². The number of nitrogens with one attached hydrogen (secondary N) is 2. The van der Waals surface area contributed by atoms with E-state index < -0.39 is 266 Å². The predicted octanol–water partition coefficient (Wildman–Crippen LogP) is -15.0. The van der Waals surface area contributed by atoms with Gasteiger partial charge in [0.05, 0.1) is 45.7 Å². The Hall–Kier alpha value is -2.38. The molecule has 0 saturated carbocycles. The van der Waals surface area contributed by atoms with Crippen molar-refractivity contribution in [3.8, 4) is 0 Å². The van der Waals surface area contributed by atoms with Crippen molar-refractivity contribution >= 4 is 11.8 Å². The summed E-state index contributed by atoms with van der Waals surface area (Å²) < 4.78 is 75.1. The molecule has 7 saturated heterocycles. The molecule has 7 fully saturated rings. The van der Waals surface area contributed by atoms with Gasteiger partial charge >= 0.3 is 0 Å². The van der Waals surface area contributed by atoms with Crippen molar-refractivity contribution in [3.63, 3.8) is 0 Å². The van der Waals surface area contributed by atoms with Gasteiger partial charge in [-0.15, -0.1) is 0 Å². The molecule has 0 aromatic rings. The van der Waals surface area contributed by atoms with E-state index in [1.54, 1.807) is 0 Å². The zero-order chi connectivity index (χ0) is 61.2. The fraction of sp³-hybridized carbons (Fsp3) is 0.957. The number of amides is 2. The standard InChI is InChI=1S/C46H78N2O35/c1-10-21(56)27(62)30(65)43(72-10)81-37-20(48-12(3)55)40(70)73-17(8-53)36(37)80-41-19(47-11(2)54)26(61)35(16(7-52)77-41)79-46-34(69)39(83-45-32(67)29(64)23(58)14(5-50)76-45)25(60)18(78-46)9-71-42-33(68)38(24(59)15(6-51)74-42)82-44-31(66)28(63)22(57)13(4-49)75-44/h10,13-46,49-53,56-70H,4-9H2,1-3H3,(H,47,54)(H,48,55)/t10-,13+,14+,15+,16+,17+,18+,19+,20+,21+,22+,23+,24+,25+,26+,27+,28-,29-,30-,31-,32-,33-,34-,35+,36+,37+,38-,39-,40+,41-,42-,43-,44+,45+,46-/m0/s1. The van der Waals surface area contributed by atoms with Crippen LogP contribution in [-0.4, -0.2) is 368 Å². The molecule has 35 atom stereocenters. The van der Waals surface area contributed by atoms with E-state index in [2.05, 4.69) is 10.6 Å². The van der Waals surface area contributed by atoms with Crippen LogP contribution in [0.15, 0.2) is 0 Å². The number of ether oxygens (including phenoxy) is 13. The minimum absolute atomic E-state index is 0.792. The minimum atomic E-state index is -2.32. The number of aliphatic hydroxyl groups is 20. The van der Waals surface area contributed by atoms with E-state index in [1.807, 2.05) is 0 Å². The van der Waals surface area contributed by atoms with Crippen molar-refractivity contribution < 1.29 is 173 Å². The van der Waals surface area contributed by atoms with Crippen LogP contribution >= 0.6 is 0 Å². The summed E-state index contributed by atoms with van der Waals surface area (Å²) in [5, 5.41) is 220. The molecule has 37 nitrogen and oxygen atoms in total. The van der Waals surface area contributed by atoms with Crippen molar-refractivity contribution in [2.75, 3.05) is 39.6 Å². The van der Waals surface area contributed by atoms with Gasteiger partial charge in [0.1, 0.15) is 165 Å². The van der Waals surface area contributed by atoms with E-state index >= 15 is 0 Å². The van der Waals surface area contributed by atoms with Gasteiger partial charge < -0.3 is 174 Å². The first kappa shape index (κ1) is 68.1. The Kier molecular flexibility index (Phi) is 24.0. The number of hydrogen-bond acceptors (Lipinski definition) is 35. The molecule has 0 aromatic carbocycles. The Morgan fingerprint density at radius 3 is 1.20 bits per heavy atom. The fourth-order valence-corrected chi connectivity index (χ4v) is 10.6.